The van der Waals surface area contributed by atoms with Crippen molar-refractivity contribution in [2.45, 2.75) is 32.3 Å². The number of ketones is 1. The first-order chi connectivity index (χ1) is 14.0. The van der Waals surface area contributed by atoms with Gasteiger partial charge >= 0.3 is 1.43 Å². The summed E-state index contributed by atoms with van der Waals surface area (Å²) in [6, 6.07) is 15.4. The Morgan fingerprint density at radius 2 is 1.96 bits per heavy atom. The van der Waals surface area contributed by atoms with E-state index in [1.165, 1.54) is 18.2 Å². The van der Waals surface area contributed by atoms with Crippen LogP contribution in [0.4, 0.5) is 0 Å². The summed E-state index contributed by atoms with van der Waals surface area (Å²) in [5.41, 5.74) is 1.09. The van der Waals surface area contributed by atoms with E-state index in [4.69, 9.17) is 11.6 Å². The lowest BCUT2D eigenvalue weighted by atomic mass is 10.0. The predicted octanol–water partition coefficient (Wildman–Crippen LogP) is 0.358. The largest absolute Gasteiger partial charge is 1.00 e. The number of benzene rings is 2. The number of aliphatic hydroxyl groups is 1. The summed E-state index contributed by atoms with van der Waals surface area (Å²) in [6.45, 7) is -4.03. The second-order valence-electron chi connectivity index (χ2n) is 5.51. The number of rotatable bonds is 11. The van der Waals surface area contributed by atoms with Crippen LogP contribution in [-0.4, -0.2) is 36.6 Å². The van der Waals surface area contributed by atoms with Crippen molar-refractivity contribution in [2.75, 3.05) is 19.6 Å². The molecule has 2 N–H and O–H groups in total. The van der Waals surface area contributed by atoms with E-state index in [1.807, 2.05) is 30.3 Å². The van der Waals surface area contributed by atoms with Gasteiger partial charge in [0.2, 0.25) is 0 Å². The fraction of sp³-hybridized carbons (Fsp3) is 0.381. The monoisotopic (exact) mass is 382 g/mol. The third kappa shape index (κ3) is 7.56. The zero-order chi connectivity index (χ0) is 22.4. The van der Waals surface area contributed by atoms with E-state index in [-0.39, 0.29) is 43.9 Å². The average molecular weight is 383 g/mol. The highest BCUT2D eigenvalue weighted by Gasteiger charge is 2.13. The van der Waals surface area contributed by atoms with Gasteiger partial charge in [0.15, 0.2) is 5.78 Å². The number of halogens is 1. The average Bonchev–Trinajstić information content (AvgIpc) is 2.71. The Bertz CT molecular complexity index is 852. The standard InChI is InChI=1S/C21H27NO3.ClH/c1-2-14-22-15-18(23)16-25-21-11-7-6-10-19(21)20(24)13-12-17-8-4-3-5-9-17;/h3-11,18,22-23H,2,12-16H2,1H3;1H/i15D2,16D2,18D;. The quantitative estimate of drug-likeness (QED) is 0.551. The fourth-order valence-corrected chi connectivity index (χ4v) is 2.22. The summed E-state index contributed by atoms with van der Waals surface area (Å²) in [5, 5.41) is 12.7. The van der Waals surface area contributed by atoms with E-state index in [0.717, 1.165) is 5.56 Å². The van der Waals surface area contributed by atoms with Crippen LogP contribution in [0.15, 0.2) is 54.6 Å². The molecule has 0 aromatic heterocycles. The second kappa shape index (κ2) is 12.5. The van der Waals surface area contributed by atoms with Crippen LogP contribution in [0.5, 0.6) is 5.75 Å². The molecule has 2 aromatic rings. The number of Topliss-reactive ketones (excluding diaryl/α,β-unsaturated/α-hetero) is 1. The molecule has 26 heavy (non-hydrogen) atoms. The topological polar surface area (TPSA) is 58.6 Å². The molecule has 0 amide bonds. The van der Waals surface area contributed by atoms with Gasteiger partial charge in [0.1, 0.15) is 18.4 Å². The number of carbonyl (C=O) groups excluding carboxylic acids is 1. The summed E-state index contributed by atoms with van der Waals surface area (Å²) in [7, 11) is 0. The maximum absolute atomic E-state index is 12.7. The van der Waals surface area contributed by atoms with Crippen molar-refractivity contribution in [3.05, 3.63) is 65.7 Å². The minimum atomic E-state index is -3.28. The molecule has 0 saturated carbocycles. The summed E-state index contributed by atoms with van der Waals surface area (Å²) < 4.78 is 45.1. The molecular formula is C21H28ClNO3. The molecule has 1 unspecified atom stereocenters. The van der Waals surface area contributed by atoms with Crippen LogP contribution in [0.25, 0.3) is 0 Å². The van der Waals surface area contributed by atoms with Crippen molar-refractivity contribution in [3.8, 4) is 5.75 Å². The Morgan fingerprint density at radius 1 is 1.27 bits per heavy atom. The number of aryl methyl sites for hydroxylation is 1. The highest BCUT2D eigenvalue weighted by molar-refractivity contribution is 5.98. The first-order valence-corrected chi connectivity index (χ1v) is 8.34. The molecule has 0 fully saturated rings. The number of para-hydroxylation sites is 1. The van der Waals surface area contributed by atoms with E-state index in [2.05, 4.69) is 5.32 Å². The van der Waals surface area contributed by atoms with E-state index in [0.29, 0.717) is 12.8 Å². The van der Waals surface area contributed by atoms with Crippen molar-refractivity contribution in [2.24, 2.45) is 0 Å². The lowest BCUT2D eigenvalue weighted by molar-refractivity contribution is -0.0000149. The van der Waals surface area contributed by atoms with Crippen molar-refractivity contribution in [1.82, 2.24) is 5.32 Å². The Morgan fingerprint density at radius 3 is 2.69 bits per heavy atom. The number of carbonyl (C=O) groups is 1. The Kier molecular flexibility index (Phi) is 7.29. The molecule has 5 heteroatoms. The maximum Gasteiger partial charge on any atom is 1.00 e. The molecule has 0 aliphatic rings. The van der Waals surface area contributed by atoms with Crippen molar-refractivity contribution in [1.29, 1.82) is 0 Å². The van der Waals surface area contributed by atoms with Gasteiger partial charge in [-0.2, -0.15) is 0 Å². The summed E-state index contributed by atoms with van der Waals surface area (Å²) in [4.78, 5) is 12.7. The molecular weight excluding hydrogens is 350 g/mol. The SMILES string of the molecule is [2H]C([2H])(NCCC)C([2H])(O)C([2H])([2H])Oc1ccccc1C(=O)CCc1ccccc1.[Cl-].[H+]. The van der Waals surface area contributed by atoms with Gasteiger partial charge in [0, 0.05) is 15.7 Å². The Labute approximate surface area is 170 Å². The van der Waals surface area contributed by atoms with E-state index < -0.39 is 19.1 Å². The van der Waals surface area contributed by atoms with Crippen LogP contribution in [0, 0.1) is 0 Å². The first-order valence-electron chi connectivity index (χ1n) is 10.8. The van der Waals surface area contributed by atoms with Crippen LogP contribution >= 0.6 is 0 Å². The molecule has 2 rings (SSSR count). The highest BCUT2D eigenvalue weighted by Crippen LogP contribution is 2.20. The lowest BCUT2D eigenvalue weighted by Gasteiger charge is -2.15. The molecule has 142 valence electrons. The van der Waals surface area contributed by atoms with Crippen LogP contribution in [0.3, 0.4) is 0 Å². The minimum Gasteiger partial charge on any atom is -1.00 e. The molecule has 0 aliphatic heterocycles. The third-order valence-corrected chi connectivity index (χ3v) is 3.51. The van der Waals surface area contributed by atoms with Crippen LogP contribution < -0.4 is 22.5 Å². The van der Waals surface area contributed by atoms with Gasteiger partial charge in [-0.25, -0.2) is 0 Å². The van der Waals surface area contributed by atoms with Gasteiger partial charge in [-0.3, -0.25) is 4.79 Å². The van der Waals surface area contributed by atoms with Gasteiger partial charge in [0.25, 0.3) is 0 Å². The van der Waals surface area contributed by atoms with Crippen LogP contribution in [0.2, 0.25) is 0 Å². The molecule has 2 aromatic carbocycles. The fourth-order valence-electron chi connectivity index (χ4n) is 2.22. The highest BCUT2D eigenvalue weighted by atomic mass is 35.5. The van der Waals surface area contributed by atoms with Gasteiger partial charge in [-0.15, -0.1) is 0 Å². The van der Waals surface area contributed by atoms with Gasteiger partial charge in [-0.05, 0) is 37.1 Å². The Hall–Kier alpha value is -1.88. The van der Waals surface area contributed by atoms with Crippen LogP contribution in [-0.2, 0) is 6.42 Å². The maximum atomic E-state index is 12.7. The van der Waals surface area contributed by atoms with E-state index in [9.17, 15) is 9.90 Å². The molecule has 0 spiro atoms. The molecule has 4 nitrogen and oxygen atoms in total. The smallest absolute Gasteiger partial charge is 1.00 e. The van der Waals surface area contributed by atoms with Crippen molar-refractivity contribution >= 4 is 5.78 Å². The molecule has 0 bridgehead atoms. The number of hydrogen-bond acceptors (Lipinski definition) is 4. The summed E-state index contributed by atoms with van der Waals surface area (Å²) >= 11 is 0. The number of hydrogen-bond donors (Lipinski definition) is 2. The van der Waals surface area contributed by atoms with Crippen LogP contribution in [0.1, 0.15) is 44.0 Å². The minimum absolute atomic E-state index is 0. The molecule has 0 radical (unpaired) electrons. The zero-order valence-electron chi connectivity index (χ0n) is 20.7. The zero-order valence-corrected chi connectivity index (χ0v) is 15.4. The molecule has 0 aliphatic carbocycles. The van der Waals surface area contributed by atoms with Gasteiger partial charge in [-0.1, -0.05) is 49.4 Å². The molecule has 1 atom stereocenters. The lowest BCUT2D eigenvalue weighted by Crippen LogP contribution is -3.00. The van der Waals surface area contributed by atoms with E-state index in [1.54, 1.807) is 13.0 Å². The number of nitrogens with one attached hydrogen (secondary N) is 1. The van der Waals surface area contributed by atoms with Gasteiger partial charge < -0.3 is 27.6 Å². The Balaban J connectivity index is 0.00000480. The van der Waals surface area contributed by atoms with Gasteiger partial charge in [0.05, 0.1) is 9.68 Å². The summed E-state index contributed by atoms with van der Waals surface area (Å²) in [6.07, 6.45) is -2.10. The molecule has 0 heterocycles. The second-order valence-corrected chi connectivity index (χ2v) is 5.51. The van der Waals surface area contributed by atoms with E-state index >= 15 is 0 Å². The summed E-state index contributed by atoms with van der Waals surface area (Å²) in [5.74, 6) is -0.441. The first kappa shape index (κ1) is 15.2. The molecule has 0 saturated heterocycles. The number of ether oxygens (including phenoxy) is 1. The van der Waals surface area contributed by atoms with Crippen molar-refractivity contribution < 1.29 is 35.3 Å². The normalized spacial score (nSPS) is 16.6. The van der Waals surface area contributed by atoms with Crippen molar-refractivity contribution in [3.63, 3.8) is 0 Å². The predicted molar refractivity (Wildman–Crippen MR) is 101 cm³/mol. The third-order valence-electron chi connectivity index (χ3n) is 3.51.